The van der Waals surface area contributed by atoms with Gasteiger partial charge in [-0.3, -0.25) is 4.98 Å². The molecule has 0 saturated carbocycles. The number of fused-ring (bicyclic) bond motifs is 1. The highest BCUT2D eigenvalue weighted by Crippen LogP contribution is 2.31. The number of amides is 1. The van der Waals surface area contributed by atoms with Crippen molar-refractivity contribution in [3.05, 3.63) is 42.2 Å². The number of benzene rings is 1. The van der Waals surface area contributed by atoms with E-state index in [1.54, 1.807) is 17.3 Å². The number of hydrogen-bond donors (Lipinski definition) is 1. The van der Waals surface area contributed by atoms with E-state index in [0.717, 1.165) is 35.6 Å². The lowest BCUT2D eigenvalue weighted by Gasteiger charge is -2.37. The Morgan fingerprint density at radius 3 is 2.92 bits per heavy atom. The second-order valence-corrected chi connectivity index (χ2v) is 8.02. The number of nitrogens with zero attached hydrogens (tertiary/aromatic N) is 2. The van der Waals surface area contributed by atoms with Crippen LogP contribution in [0.15, 0.2) is 36.7 Å². The molecule has 0 radical (unpaired) electrons. The minimum Gasteiger partial charge on any atom is -0.444 e. The third-order valence-corrected chi connectivity index (χ3v) is 4.83. The van der Waals surface area contributed by atoms with Crippen molar-refractivity contribution in [1.29, 1.82) is 0 Å². The molecule has 1 fully saturated rings. The predicted octanol–water partition coefficient (Wildman–Crippen LogP) is 4.45. The first-order valence-electron chi connectivity index (χ1n) is 9.35. The highest BCUT2D eigenvalue weighted by molar-refractivity contribution is 5.85. The summed E-state index contributed by atoms with van der Waals surface area (Å²) in [4.78, 5) is 18.6. The minimum absolute atomic E-state index is 0.0134. The van der Waals surface area contributed by atoms with Gasteiger partial charge in [-0.2, -0.15) is 0 Å². The molecule has 3 rings (SSSR count). The summed E-state index contributed by atoms with van der Waals surface area (Å²) in [7, 11) is 0. The van der Waals surface area contributed by atoms with E-state index < -0.39 is 11.7 Å². The largest absolute Gasteiger partial charge is 0.444 e. The standard InChI is InChI=1S/C21H28N2O3/c1-21(2,3)26-20(25)23-12-5-4-8-16(23)13-19(24)17-9-6-7-15-10-11-22-14-18(15)17/h6-7,9-11,14,16,19,24H,4-5,8,12-13H2,1-3H3/t16-,19+/m1/s1. The maximum Gasteiger partial charge on any atom is 0.410 e. The molecule has 5 heteroatoms. The van der Waals surface area contributed by atoms with Crippen LogP contribution in [0.2, 0.25) is 0 Å². The number of aliphatic hydroxyl groups is 1. The van der Waals surface area contributed by atoms with E-state index in [1.165, 1.54) is 0 Å². The van der Waals surface area contributed by atoms with Crippen molar-refractivity contribution >= 4 is 16.9 Å². The molecule has 140 valence electrons. The van der Waals surface area contributed by atoms with Gasteiger partial charge in [0.15, 0.2) is 0 Å². The number of carbonyl (C=O) groups is 1. The summed E-state index contributed by atoms with van der Waals surface area (Å²) in [6.07, 6.45) is 6.05. The minimum atomic E-state index is -0.643. The molecule has 0 spiro atoms. The maximum atomic E-state index is 12.6. The summed E-state index contributed by atoms with van der Waals surface area (Å²) < 4.78 is 5.56. The Kier molecular flexibility index (Phi) is 5.47. The van der Waals surface area contributed by atoms with E-state index in [0.29, 0.717) is 13.0 Å². The summed E-state index contributed by atoms with van der Waals surface area (Å²) in [5.74, 6) is 0. The molecule has 1 saturated heterocycles. The maximum absolute atomic E-state index is 12.6. The quantitative estimate of drug-likeness (QED) is 0.883. The van der Waals surface area contributed by atoms with Crippen molar-refractivity contribution in [2.24, 2.45) is 0 Å². The zero-order chi connectivity index (χ0) is 18.7. The van der Waals surface area contributed by atoms with Crippen LogP contribution in [0.25, 0.3) is 10.8 Å². The van der Waals surface area contributed by atoms with Gasteiger partial charge in [0.1, 0.15) is 5.60 Å². The van der Waals surface area contributed by atoms with Gasteiger partial charge in [-0.05, 0) is 63.5 Å². The van der Waals surface area contributed by atoms with Gasteiger partial charge in [-0.1, -0.05) is 18.2 Å². The van der Waals surface area contributed by atoms with Crippen LogP contribution in [0.1, 0.15) is 58.1 Å². The number of hydrogen-bond acceptors (Lipinski definition) is 4. The van der Waals surface area contributed by atoms with E-state index in [1.807, 2.05) is 45.0 Å². The molecule has 2 atom stereocenters. The van der Waals surface area contributed by atoms with Crippen molar-refractivity contribution in [1.82, 2.24) is 9.88 Å². The molecule has 2 heterocycles. The molecule has 1 aromatic heterocycles. The summed E-state index contributed by atoms with van der Waals surface area (Å²) in [6.45, 7) is 6.31. The van der Waals surface area contributed by atoms with Gasteiger partial charge in [-0.15, -0.1) is 0 Å². The number of aliphatic hydroxyl groups excluding tert-OH is 1. The first kappa shape index (κ1) is 18.6. The lowest BCUT2D eigenvalue weighted by Crippen LogP contribution is -2.46. The molecule has 26 heavy (non-hydrogen) atoms. The van der Waals surface area contributed by atoms with Crippen LogP contribution in [-0.4, -0.2) is 39.3 Å². The third-order valence-electron chi connectivity index (χ3n) is 4.83. The molecule has 2 aromatic rings. The van der Waals surface area contributed by atoms with E-state index in [4.69, 9.17) is 4.74 Å². The van der Waals surface area contributed by atoms with Crippen LogP contribution >= 0.6 is 0 Å². The highest BCUT2D eigenvalue weighted by Gasteiger charge is 2.32. The zero-order valence-corrected chi connectivity index (χ0v) is 15.8. The number of piperidine rings is 1. The fourth-order valence-corrected chi connectivity index (χ4v) is 3.62. The number of ether oxygens (including phenoxy) is 1. The van der Waals surface area contributed by atoms with Crippen LogP contribution in [0.5, 0.6) is 0 Å². The smallest absolute Gasteiger partial charge is 0.410 e. The zero-order valence-electron chi connectivity index (χ0n) is 15.8. The van der Waals surface area contributed by atoms with Crippen LogP contribution in [0, 0.1) is 0 Å². The number of likely N-dealkylation sites (tertiary alicyclic amines) is 1. The molecule has 1 aromatic carbocycles. The SMILES string of the molecule is CC(C)(C)OC(=O)N1CCCC[C@@H]1C[C@H](O)c1cccc2ccncc12. The Hall–Kier alpha value is -2.14. The monoisotopic (exact) mass is 356 g/mol. The second-order valence-electron chi connectivity index (χ2n) is 8.02. The molecule has 0 bridgehead atoms. The lowest BCUT2D eigenvalue weighted by molar-refractivity contribution is 0.00246. The Morgan fingerprint density at radius 1 is 1.35 bits per heavy atom. The van der Waals surface area contributed by atoms with Crippen LogP contribution in [0.4, 0.5) is 4.79 Å². The van der Waals surface area contributed by atoms with E-state index in [2.05, 4.69) is 4.98 Å². The number of aromatic nitrogens is 1. The van der Waals surface area contributed by atoms with E-state index in [-0.39, 0.29) is 12.1 Å². The van der Waals surface area contributed by atoms with Gasteiger partial charge in [0, 0.05) is 30.4 Å². The summed E-state index contributed by atoms with van der Waals surface area (Å²) >= 11 is 0. The van der Waals surface area contributed by atoms with Gasteiger partial charge in [0.2, 0.25) is 0 Å². The van der Waals surface area contributed by atoms with Crippen LogP contribution in [-0.2, 0) is 4.74 Å². The van der Waals surface area contributed by atoms with Crippen molar-refractivity contribution in [2.45, 2.75) is 64.2 Å². The number of carbonyl (C=O) groups excluding carboxylic acids is 1. The third kappa shape index (κ3) is 4.33. The van der Waals surface area contributed by atoms with Crippen molar-refractivity contribution in [2.75, 3.05) is 6.54 Å². The Balaban J connectivity index is 1.77. The van der Waals surface area contributed by atoms with Gasteiger partial charge in [-0.25, -0.2) is 4.79 Å². The van der Waals surface area contributed by atoms with Gasteiger partial charge in [0.25, 0.3) is 0 Å². The number of pyridine rings is 1. The van der Waals surface area contributed by atoms with Crippen molar-refractivity contribution < 1.29 is 14.6 Å². The fraction of sp³-hybridized carbons (Fsp3) is 0.524. The fourth-order valence-electron chi connectivity index (χ4n) is 3.62. The van der Waals surface area contributed by atoms with Crippen molar-refractivity contribution in [3.8, 4) is 0 Å². The molecule has 1 N–H and O–H groups in total. The van der Waals surface area contributed by atoms with E-state index >= 15 is 0 Å². The lowest BCUT2D eigenvalue weighted by atomic mass is 9.92. The average Bonchev–Trinajstić information content (AvgIpc) is 2.60. The second kappa shape index (κ2) is 7.62. The molecule has 1 aliphatic heterocycles. The summed E-state index contributed by atoms with van der Waals surface area (Å²) in [6, 6.07) is 7.84. The van der Waals surface area contributed by atoms with Crippen LogP contribution in [0.3, 0.4) is 0 Å². The predicted molar refractivity (Wildman–Crippen MR) is 102 cm³/mol. The van der Waals surface area contributed by atoms with E-state index in [9.17, 15) is 9.90 Å². The van der Waals surface area contributed by atoms with Crippen LogP contribution < -0.4 is 0 Å². The highest BCUT2D eigenvalue weighted by atomic mass is 16.6. The normalized spacial score (nSPS) is 19.4. The number of rotatable bonds is 3. The average molecular weight is 356 g/mol. The first-order valence-corrected chi connectivity index (χ1v) is 9.35. The molecule has 5 nitrogen and oxygen atoms in total. The summed E-state index contributed by atoms with van der Waals surface area (Å²) in [5.41, 5.74) is 0.351. The molecule has 0 unspecified atom stereocenters. The Bertz CT molecular complexity index is 764. The Labute approximate surface area is 155 Å². The molecule has 1 aliphatic rings. The molecule has 1 amide bonds. The molecular weight excluding hydrogens is 328 g/mol. The van der Waals surface area contributed by atoms with Gasteiger partial charge < -0.3 is 14.7 Å². The van der Waals surface area contributed by atoms with Gasteiger partial charge in [0.05, 0.1) is 6.10 Å². The summed E-state index contributed by atoms with van der Waals surface area (Å²) in [5, 5.41) is 12.9. The first-order chi connectivity index (χ1) is 12.3. The molecular formula is C21H28N2O3. The Morgan fingerprint density at radius 2 is 2.15 bits per heavy atom. The van der Waals surface area contributed by atoms with Gasteiger partial charge >= 0.3 is 6.09 Å². The topological polar surface area (TPSA) is 62.7 Å². The molecule has 0 aliphatic carbocycles. The van der Waals surface area contributed by atoms with Crippen molar-refractivity contribution in [3.63, 3.8) is 0 Å².